The van der Waals surface area contributed by atoms with Crippen LogP contribution in [0.5, 0.6) is 0 Å². The van der Waals surface area contributed by atoms with Gasteiger partial charge in [0.2, 0.25) is 0 Å². The molecule has 1 spiro atoms. The van der Waals surface area contributed by atoms with Crippen molar-refractivity contribution in [1.82, 2.24) is 0 Å². The minimum Gasteiger partial charge on any atom is -0.466 e. The smallest absolute Gasteiger partial charge is 0.334 e. The van der Waals surface area contributed by atoms with Crippen LogP contribution < -0.4 is 0 Å². The van der Waals surface area contributed by atoms with Crippen LogP contribution in [0.15, 0.2) is 11.1 Å². The highest BCUT2D eigenvalue weighted by Gasteiger charge is 2.64. The molecule has 104 valence electrons. The lowest BCUT2D eigenvalue weighted by atomic mass is 9.48. The standard InChI is InChI=1S/C16H22O3/c1-9-5-7-16-8-6-10(15(2,3)14(16)18)11(12(9)16)13(17)19-4/h9-10H,5-8H2,1-4H3/t9-,10-,16+/m0/s1. The van der Waals surface area contributed by atoms with Crippen molar-refractivity contribution < 1.29 is 14.3 Å². The largest absolute Gasteiger partial charge is 0.466 e. The summed E-state index contributed by atoms with van der Waals surface area (Å²) in [6, 6.07) is 0. The van der Waals surface area contributed by atoms with Crippen molar-refractivity contribution in [1.29, 1.82) is 0 Å². The molecule has 3 nitrogen and oxygen atoms in total. The number of ether oxygens (including phenoxy) is 1. The monoisotopic (exact) mass is 262 g/mol. The van der Waals surface area contributed by atoms with E-state index in [1.54, 1.807) is 0 Å². The molecule has 0 radical (unpaired) electrons. The minimum atomic E-state index is -0.421. The summed E-state index contributed by atoms with van der Waals surface area (Å²) in [5.74, 6) is 0.545. The third-order valence-corrected chi connectivity index (χ3v) is 5.81. The summed E-state index contributed by atoms with van der Waals surface area (Å²) in [5, 5.41) is 0. The first-order chi connectivity index (χ1) is 8.86. The van der Waals surface area contributed by atoms with Crippen LogP contribution in [-0.2, 0) is 14.3 Å². The number of hydrogen-bond acceptors (Lipinski definition) is 3. The maximum absolute atomic E-state index is 12.9. The molecule has 3 heteroatoms. The van der Waals surface area contributed by atoms with Crippen LogP contribution in [0.4, 0.5) is 0 Å². The summed E-state index contributed by atoms with van der Waals surface area (Å²) >= 11 is 0. The summed E-state index contributed by atoms with van der Waals surface area (Å²) in [6.45, 7) is 6.15. The lowest BCUT2D eigenvalue weighted by Crippen LogP contribution is -2.55. The molecule has 0 heterocycles. The highest BCUT2D eigenvalue weighted by molar-refractivity contribution is 6.02. The Bertz CT molecular complexity index is 500. The summed E-state index contributed by atoms with van der Waals surface area (Å²) in [5.41, 5.74) is 1.19. The number of rotatable bonds is 1. The number of hydrogen-bond donors (Lipinski definition) is 0. The number of methoxy groups -OCH3 is 1. The molecule has 0 unspecified atom stereocenters. The van der Waals surface area contributed by atoms with E-state index < -0.39 is 5.41 Å². The van der Waals surface area contributed by atoms with E-state index in [4.69, 9.17) is 4.74 Å². The van der Waals surface area contributed by atoms with Crippen LogP contribution in [0.1, 0.15) is 46.5 Å². The van der Waals surface area contributed by atoms with Crippen LogP contribution in [-0.4, -0.2) is 18.9 Å². The van der Waals surface area contributed by atoms with Gasteiger partial charge in [-0.2, -0.15) is 0 Å². The Kier molecular flexibility index (Phi) is 2.52. The van der Waals surface area contributed by atoms with Crippen LogP contribution in [0, 0.1) is 22.7 Å². The van der Waals surface area contributed by atoms with Gasteiger partial charge >= 0.3 is 5.97 Å². The molecule has 19 heavy (non-hydrogen) atoms. The van der Waals surface area contributed by atoms with Crippen molar-refractivity contribution in [3.63, 3.8) is 0 Å². The zero-order valence-corrected chi connectivity index (χ0v) is 12.2. The molecule has 0 aromatic carbocycles. The van der Waals surface area contributed by atoms with Gasteiger partial charge in [0, 0.05) is 16.9 Å². The Morgan fingerprint density at radius 3 is 2.53 bits per heavy atom. The average molecular weight is 262 g/mol. The minimum absolute atomic E-state index is 0.0462. The van der Waals surface area contributed by atoms with E-state index in [1.165, 1.54) is 7.11 Å². The zero-order chi connectivity index (χ0) is 14.0. The number of fused-ring (bicyclic) bond motifs is 2. The van der Waals surface area contributed by atoms with Crippen molar-refractivity contribution in [2.75, 3.05) is 7.11 Å². The fourth-order valence-corrected chi connectivity index (χ4v) is 4.93. The van der Waals surface area contributed by atoms with Gasteiger partial charge in [-0.1, -0.05) is 20.8 Å². The highest BCUT2D eigenvalue weighted by Crippen LogP contribution is 2.65. The van der Waals surface area contributed by atoms with Gasteiger partial charge in [0.05, 0.1) is 12.5 Å². The first-order valence-electron chi connectivity index (χ1n) is 7.24. The second kappa shape index (κ2) is 3.71. The molecule has 3 atom stereocenters. The zero-order valence-electron chi connectivity index (χ0n) is 12.2. The topological polar surface area (TPSA) is 43.4 Å². The summed E-state index contributed by atoms with van der Waals surface area (Å²) in [7, 11) is 1.44. The summed E-state index contributed by atoms with van der Waals surface area (Å²) in [4.78, 5) is 25.2. The fraction of sp³-hybridized carbons (Fsp3) is 0.750. The van der Waals surface area contributed by atoms with Gasteiger partial charge in [-0.25, -0.2) is 4.79 Å². The molecule has 2 saturated carbocycles. The Hall–Kier alpha value is -1.12. The number of Topliss-reactive ketones (excluding diaryl/α,β-unsaturated/α-hetero) is 1. The maximum Gasteiger partial charge on any atom is 0.334 e. The van der Waals surface area contributed by atoms with Gasteiger partial charge in [-0.05, 0) is 37.2 Å². The van der Waals surface area contributed by atoms with Crippen molar-refractivity contribution in [2.24, 2.45) is 22.7 Å². The SMILES string of the molecule is COC(=O)C1=C2[C@@H](C)CC[C@@]23CC[C@@H]1C(C)(C)C3=O. The van der Waals surface area contributed by atoms with Crippen LogP contribution >= 0.6 is 0 Å². The molecule has 0 aliphatic heterocycles. The summed E-state index contributed by atoms with van der Waals surface area (Å²) < 4.78 is 5.02. The fourth-order valence-electron chi connectivity index (χ4n) is 4.93. The second-order valence-electron chi connectivity index (χ2n) is 6.98. The molecule has 0 N–H and O–H groups in total. The number of carbonyl (C=O) groups is 2. The van der Waals surface area contributed by atoms with Crippen molar-refractivity contribution >= 4 is 11.8 Å². The van der Waals surface area contributed by atoms with Crippen molar-refractivity contribution in [3.8, 4) is 0 Å². The maximum atomic E-state index is 12.9. The highest BCUT2D eigenvalue weighted by atomic mass is 16.5. The van der Waals surface area contributed by atoms with Crippen molar-refractivity contribution in [2.45, 2.75) is 46.5 Å². The van der Waals surface area contributed by atoms with E-state index in [2.05, 4.69) is 6.92 Å². The number of allylic oxidation sites excluding steroid dienone is 1. The van der Waals surface area contributed by atoms with Gasteiger partial charge in [-0.15, -0.1) is 0 Å². The molecule has 4 rings (SSSR count). The second-order valence-corrected chi connectivity index (χ2v) is 6.98. The Morgan fingerprint density at radius 1 is 1.26 bits per heavy atom. The predicted molar refractivity (Wildman–Crippen MR) is 71.4 cm³/mol. The predicted octanol–water partition coefficient (Wildman–Crippen LogP) is 2.89. The molecular formula is C16H22O3. The molecule has 4 aliphatic carbocycles. The van der Waals surface area contributed by atoms with Gasteiger partial charge in [0.25, 0.3) is 0 Å². The van der Waals surface area contributed by atoms with E-state index in [1.807, 2.05) is 13.8 Å². The van der Waals surface area contributed by atoms with E-state index in [-0.39, 0.29) is 17.3 Å². The molecule has 4 aliphatic rings. The number of ketones is 1. The molecule has 0 aromatic rings. The first-order valence-corrected chi connectivity index (χ1v) is 7.24. The van der Waals surface area contributed by atoms with Crippen LogP contribution in [0.2, 0.25) is 0 Å². The molecule has 0 aromatic heterocycles. The van der Waals surface area contributed by atoms with Gasteiger partial charge in [0.1, 0.15) is 5.78 Å². The molecule has 0 amide bonds. The van der Waals surface area contributed by atoms with Gasteiger partial charge in [0.15, 0.2) is 0 Å². The molecule has 2 bridgehead atoms. The van der Waals surface area contributed by atoms with Gasteiger partial charge < -0.3 is 4.74 Å². The number of carbonyl (C=O) groups excluding carboxylic acids is 2. The number of esters is 1. The van der Waals surface area contributed by atoms with E-state index in [0.29, 0.717) is 11.7 Å². The third kappa shape index (κ3) is 1.34. The quantitative estimate of drug-likeness (QED) is 0.682. The van der Waals surface area contributed by atoms with Gasteiger partial charge in [-0.3, -0.25) is 4.79 Å². The molecule has 0 saturated heterocycles. The van der Waals surface area contributed by atoms with E-state index in [9.17, 15) is 9.59 Å². The molecule has 2 fully saturated rings. The van der Waals surface area contributed by atoms with E-state index in [0.717, 1.165) is 36.8 Å². The third-order valence-electron chi connectivity index (χ3n) is 5.81. The Morgan fingerprint density at radius 2 is 1.89 bits per heavy atom. The Labute approximate surface area is 114 Å². The average Bonchev–Trinajstić information content (AvgIpc) is 2.73. The van der Waals surface area contributed by atoms with Crippen molar-refractivity contribution in [3.05, 3.63) is 11.1 Å². The summed E-state index contributed by atoms with van der Waals surface area (Å²) in [6.07, 6.45) is 3.81. The van der Waals surface area contributed by atoms with E-state index >= 15 is 0 Å². The normalized spacial score (nSPS) is 39.5. The first kappa shape index (κ1) is 12.9. The lowest BCUT2D eigenvalue weighted by Gasteiger charge is -2.53. The Balaban J connectivity index is 2.28. The van der Waals surface area contributed by atoms with Crippen LogP contribution in [0.3, 0.4) is 0 Å². The lowest BCUT2D eigenvalue weighted by molar-refractivity contribution is -0.148. The van der Waals surface area contributed by atoms with Crippen LogP contribution in [0.25, 0.3) is 0 Å². The molecular weight excluding hydrogens is 240 g/mol.